The number of hydrogen-bond donors (Lipinski definition) is 1. The van der Waals surface area contributed by atoms with Gasteiger partial charge in [-0.25, -0.2) is 9.37 Å². The molecule has 5 rings (SSSR count). The number of carbonyl (C=O) groups is 2. The Kier molecular flexibility index (Phi) is 5.02. The quantitative estimate of drug-likeness (QED) is 0.660. The number of ether oxygens (including phenoxy) is 1. The van der Waals surface area contributed by atoms with Gasteiger partial charge in [-0.15, -0.1) is 0 Å². The first-order chi connectivity index (χ1) is 13.8. The van der Waals surface area contributed by atoms with Crippen LogP contribution in [-0.2, 0) is 4.79 Å². The highest BCUT2D eigenvalue weighted by molar-refractivity contribution is 6.30. The molecule has 1 unspecified atom stereocenters. The normalized spacial score (nSPS) is 25.3. The molecule has 0 spiro atoms. The minimum atomic E-state index is -1.21. The summed E-state index contributed by atoms with van der Waals surface area (Å²) in [4.78, 5) is 32.6. The highest BCUT2D eigenvalue weighted by atomic mass is 35.5. The number of nitrogens with one attached hydrogen (secondary N) is 1. The number of hydrogen-bond acceptors (Lipinski definition) is 5. The maximum atomic E-state index is 13.2. The molecule has 2 bridgehead atoms. The van der Waals surface area contributed by atoms with Crippen LogP contribution >= 0.6 is 11.6 Å². The Morgan fingerprint density at radius 1 is 1.21 bits per heavy atom. The van der Waals surface area contributed by atoms with Crippen LogP contribution in [0.15, 0.2) is 36.7 Å². The summed E-state index contributed by atoms with van der Waals surface area (Å²) in [5.41, 5.74) is 0.179. The van der Waals surface area contributed by atoms with Crippen molar-refractivity contribution >= 4 is 23.3 Å². The molecule has 8 heteroatoms. The van der Waals surface area contributed by atoms with Gasteiger partial charge in [-0.05, 0) is 55.9 Å². The number of rotatable bonds is 8. The van der Waals surface area contributed by atoms with Crippen molar-refractivity contribution in [2.45, 2.75) is 44.3 Å². The minimum Gasteiger partial charge on any atom is -0.484 e. The maximum absolute atomic E-state index is 13.2. The predicted molar refractivity (Wildman–Crippen MR) is 105 cm³/mol. The van der Waals surface area contributed by atoms with Crippen LogP contribution in [-0.4, -0.2) is 33.8 Å². The number of ketones is 1. The molecule has 152 valence electrons. The molecule has 1 heterocycles. The van der Waals surface area contributed by atoms with Crippen molar-refractivity contribution < 1.29 is 18.7 Å². The Bertz CT molecular complexity index is 911. The van der Waals surface area contributed by atoms with E-state index in [4.69, 9.17) is 16.3 Å². The zero-order chi connectivity index (χ0) is 20.6. The summed E-state index contributed by atoms with van der Waals surface area (Å²) in [6.07, 6.45) is 4.11. The van der Waals surface area contributed by atoms with E-state index in [9.17, 15) is 14.0 Å². The molecule has 3 saturated carbocycles. The molecule has 1 amide bonds. The monoisotopic (exact) mass is 417 g/mol. The lowest BCUT2D eigenvalue weighted by atomic mass is 9.38. The van der Waals surface area contributed by atoms with E-state index < -0.39 is 6.17 Å². The maximum Gasteiger partial charge on any atom is 0.258 e. The molecule has 29 heavy (non-hydrogen) atoms. The molecule has 6 nitrogen and oxygen atoms in total. The number of nitrogens with zero attached hydrogens (tertiary/aromatic N) is 2. The van der Waals surface area contributed by atoms with E-state index in [1.807, 2.05) is 0 Å². The lowest BCUT2D eigenvalue weighted by Gasteiger charge is -2.70. The van der Waals surface area contributed by atoms with Gasteiger partial charge in [-0.2, -0.15) is 0 Å². The van der Waals surface area contributed by atoms with E-state index in [1.165, 1.54) is 19.3 Å². The van der Waals surface area contributed by atoms with E-state index in [2.05, 4.69) is 15.3 Å². The number of halogens is 2. The van der Waals surface area contributed by atoms with E-state index in [0.717, 1.165) is 19.3 Å². The zero-order valence-electron chi connectivity index (χ0n) is 16.0. The summed E-state index contributed by atoms with van der Waals surface area (Å²) in [6.45, 7) is 1.31. The molecule has 3 aliphatic rings. The molecule has 1 atom stereocenters. The average molecular weight is 418 g/mol. The van der Waals surface area contributed by atoms with Gasteiger partial charge in [-0.1, -0.05) is 11.6 Å². The fraction of sp³-hybridized carbons (Fsp3) is 0.429. The Hall–Kier alpha value is -2.54. The van der Waals surface area contributed by atoms with Crippen LogP contribution < -0.4 is 10.1 Å². The molecule has 0 saturated heterocycles. The first-order valence-electron chi connectivity index (χ1n) is 9.47. The van der Waals surface area contributed by atoms with Crippen LogP contribution in [0.1, 0.15) is 55.0 Å². The highest BCUT2D eigenvalue weighted by Crippen LogP contribution is 2.69. The summed E-state index contributed by atoms with van der Waals surface area (Å²) in [5.74, 6) is 0.307. The summed E-state index contributed by atoms with van der Waals surface area (Å²) < 4.78 is 18.6. The Labute approximate surface area is 172 Å². The van der Waals surface area contributed by atoms with Crippen molar-refractivity contribution in [1.29, 1.82) is 0 Å². The summed E-state index contributed by atoms with van der Waals surface area (Å²) in [5, 5.41) is 3.63. The van der Waals surface area contributed by atoms with Gasteiger partial charge in [0, 0.05) is 17.0 Å². The number of amides is 1. The molecule has 3 fully saturated rings. The summed E-state index contributed by atoms with van der Waals surface area (Å²) in [6, 6.07) is 6.82. The van der Waals surface area contributed by atoms with Gasteiger partial charge in [0.05, 0.1) is 18.1 Å². The molecule has 0 aliphatic heterocycles. The van der Waals surface area contributed by atoms with Crippen molar-refractivity contribution in [2.24, 2.45) is 5.41 Å². The molecule has 0 radical (unpaired) electrons. The van der Waals surface area contributed by atoms with Gasteiger partial charge >= 0.3 is 0 Å². The fourth-order valence-electron chi connectivity index (χ4n) is 4.45. The van der Waals surface area contributed by atoms with Gasteiger partial charge in [0.1, 0.15) is 17.6 Å². The summed E-state index contributed by atoms with van der Waals surface area (Å²) in [7, 11) is 0. The number of Topliss-reactive ketones (excluding diaryl/α,β-unsaturated/α-hetero) is 1. The van der Waals surface area contributed by atoms with Crippen LogP contribution in [0.3, 0.4) is 0 Å². The van der Waals surface area contributed by atoms with E-state index in [-0.39, 0.29) is 40.6 Å². The molecule has 3 aliphatic carbocycles. The Morgan fingerprint density at radius 3 is 2.48 bits per heavy atom. The third-order valence-corrected chi connectivity index (χ3v) is 5.88. The number of benzene rings is 1. The lowest BCUT2D eigenvalue weighted by molar-refractivity contribution is -0.164. The molecule has 1 N–H and O–H groups in total. The second-order valence-corrected chi connectivity index (χ2v) is 8.58. The summed E-state index contributed by atoms with van der Waals surface area (Å²) >= 11 is 5.82. The Balaban J connectivity index is 1.23. The van der Waals surface area contributed by atoms with E-state index >= 15 is 0 Å². The molecule has 1 aromatic heterocycles. The number of aromatic nitrogens is 2. The number of carbonyl (C=O) groups excluding carboxylic acids is 2. The lowest BCUT2D eigenvalue weighted by Crippen LogP contribution is -2.75. The minimum absolute atomic E-state index is 0.0652. The van der Waals surface area contributed by atoms with Gasteiger partial charge < -0.3 is 10.1 Å². The van der Waals surface area contributed by atoms with E-state index in [0.29, 0.717) is 17.2 Å². The van der Waals surface area contributed by atoms with Crippen LogP contribution in [0.4, 0.5) is 4.39 Å². The van der Waals surface area contributed by atoms with Crippen LogP contribution in [0.2, 0.25) is 5.02 Å². The molecule has 2 aromatic rings. The first-order valence-corrected chi connectivity index (χ1v) is 9.85. The molecular weight excluding hydrogens is 397 g/mol. The van der Waals surface area contributed by atoms with Crippen molar-refractivity contribution in [2.75, 3.05) is 6.61 Å². The fourth-order valence-corrected chi connectivity index (χ4v) is 4.57. The second-order valence-electron chi connectivity index (χ2n) is 8.14. The Morgan fingerprint density at radius 2 is 1.90 bits per heavy atom. The standard InChI is InChI=1S/C21H21ClFN3O3/c1-13(23)16-7-25-17(8-24-16)18(27)6-20-10-21(11-20,12-20)26-19(28)9-29-15-4-2-14(22)3-5-15/h2-5,7-8,13H,6,9-12H2,1H3,(H,26,28). The van der Waals surface area contributed by atoms with Crippen molar-refractivity contribution in [3.63, 3.8) is 0 Å². The van der Waals surface area contributed by atoms with Gasteiger partial charge in [0.25, 0.3) is 5.91 Å². The van der Waals surface area contributed by atoms with Gasteiger partial charge in [0.15, 0.2) is 12.4 Å². The predicted octanol–water partition coefficient (Wildman–Crippen LogP) is 3.85. The average Bonchev–Trinajstić information content (AvgIpc) is 2.65. The molecule has 1 aromatic carbocycles. The zero-order valence-corrected chi connectivity index (χ0v) is 16.7. The van der Waals surface area contributed by atoms with Gasteiger partial charge in [0.2, 0.25) is 0 Å². The van der Waals surface area contributed by atoms with Crippen LogP contribution in [0.25, 0.3) is 0 Å². The SMILES string of the molecule is CC(F)c1cnc(C(=O)CC23CC(NC(=O)COc4ccc(Cl)cc4)(C2)C3)cn1. The van der Waals surface area contributed by atoms with Crippen LogP contribution in [0.5, 0.6) is 5.75 Å². The van der Waals surface area contributed by atoms with E-state index in [1.54, 1.807) is 24.3 Å². The molecular formula is C21H21ClFN3O3. The third kappa shape index (κ3) is 4.10. The van der Waals surface area contributed by atoms with Crippen molar-refractivity contribution in [1.82, 2.24) is 15.3 Å². The smallest absolute Gasteiger partial charge is 0.258 e. The van der Waals surface area contributed by atoms with Crippen LogP contribution in [0, 0.1) is 5.41 Å². The van der Waals surface area contributed by atoms with Gasteiger partial charge in [-0.3, -0.25) is 14.6 Å². The third-order valence-electron chi connectivity index (χ3n) is 5.63. The second kappa shape index (κ2) is 7.37. The van der Waals surface area contributed by atoms with Crippen molar-refractivity contribution in [3.05, 3.63) is 53.1 Å². The highest BCUT2D eigenvalue weighted by Gasteiger charge is 2.68. The van der Waals surface area contributed by atoms with Crippen molar-refractivity contribution in [3.8, 4) is 5.75 Å². The first kappa shape index (κ1) is 19.8. The topological polar surface area (TPSA) is 81.2 Å². The number of alkyl halides is 1. The largest absolute Gasteiger partial charge is 0.484 e.